The first-order valence-electron chi connectivity index (χ1n) is 8.29. The van der Waals surface area contributed by atoms with Crippen LogP contribution in [0.15, 0.2) is 36.7 Å². The summed E-state index contributed by atoms with van der Waals surface area (Å²) in [7, 11) is 3.86. The van der Waals surface area contributed by atoms with Gasteiger partial charge >= 0.3 is 5.97 Å². The average Bonchev–Trinajstić information content (AvgIpc) is 2.62. The quantitative estimate of drug-likeness (QED) is 0.694. The van der Waals surface area contributed by atoms with Crippen LogP contribution in [0.5, 0.6) is 0 Å². The van der Waals surface area contributed by atoms with Gasteiger partial charge in [0.25, 0.3) is 5.91 Å². The lowest BCUT2D eigenvalue weighted by Crippen LogP contribution is -2.31. The van der Waals surface area contributed by atoms with Crippen molar-refractivity contribution in [2.75, 3.05) is 39.1 Å². The number of para-hydroxylation sites is 1. The molecule has 2 N–H and O–H groups in total. The number of ether oxygens (including phenoxy) is 1. The Kier molecular flexibility index (Phi) is 7.04. The van der Waals surface area contributed by atoms with Crippen molar-refractivity contribution in [1.82, 2.24) is 20.2 Å². The molecule has 0 unspecified atom stereocenters. The Morgan fingerprint density at radius 2 is 1.92 bits per heavy atom. The van der Waals surface area contributed by atoms with Crippen molar-refractivity contribution in [1.29, 1.82) is 0 Å². The van der Waals surface area contributed by atoms with Crippen LogP contribution in [0.4, 0.5) is 11.5 Å². The summed E-state index contributed by atoms with van der Waals surface area (Å²) in [5.74, 6) is -0.273. The van der Waals surface area contributed by atoms with Gasteiger partial charge in [-0.3, -0.25) is 4.79 Å². The van der Waals surface area contributed by atoms with E-state index >= 15 is 0 Å². The van der Waals surface area contributed by atoms with E-state index in [9.17, 15) is 9.59 Å². The minimum Gasteiger partial charge on any atom is -0.462 e. The fraction of sp³-hybridized carbons (Fsp3) is 0.333. The number of carbonyl (C=O) groups is 2. The molecule has 0 atom stereocenters. The second kappa shape index (κ2) is 9.47. The third-order valence-electron chi connectivity index (χ3n) is 3.41. The van der Waals surface area contributed by atoms with E-state index in [0.29, 0.717) is 30.2 Å². The van der Waals surface area contributed by atoms with Crippen LogP contribution in [0.1, 0.15) is 27.8 Å². The first kappa shape index (κ1) is 19.3. The number of esters is 1. The Morgan fingerprint density at radius 3 is 2.58 bits per heavy atom. The standard InChI is InChI=1S/C18H23N5O3/c1-4-26-18(25)13-7-5-6-8-14(13)22-16-12-20-15(11-21-16)17(24)19-9-10-23(2)3/h5-8,11-12H,4,9-10H2,1-3H3,(H,19,24)(H,21,22). The smallest absolute Gasteiger partial charge is 0.340 e. The molecule has 0 bridgehead atoms. The summed E-state index contributed by atoms with van der Waals surface area (Å²) in [4.78, 5) is 34.3. The average molecular weight is 357 g/mol. The van der Waals surface area contributed by atoms with Crippen LogP contribution < -0.4 is 10.6 Å². The fourth-order valence-corrected chi connectivity index (χ4v) is 2.11. The Hall–Kier alpha value is -3.00. The molecule has 0 aliphatic heterocycles. The van der Waals surface area contributed by atoms with Crippen LogP contribution in [0.2, 0.25) is 0 Å². The number of carbonyl (C=O) groups excluding carboxylic acids is 2. The molecule has 26 heavy (non-hydrogen) atoms. The topological polar surface area (TPSA) is 96.4 Å². The van der Waals surface area contributed by atoms with E-state index in [0.717, 1.165) is 6.54 Å². The maximum absolute atomic E-state index is 12.0. The van der Waals surface area contributed by atoms with E-state index in [1.165, 1.54) is 12.4 Å². The molecule has 1 amide bonds. The number of hydrogen-bond donors (Lipinski definition) is 2. The van der Waals surface area contributed by atoms with Gasteiger partial charge in [0, 0.05) is 13.1 Å². The van der Waals surface area contributed by atoms with E-state index in [4.69, 9.17) is 4.74 Å². The summed E-state index contributed by atoms with van der Waals surface area (Å²) in [6.45, 7) is 3.32. The summed E-state index contributed by atoms with van der Waals surface area (Å²) >= 11 is 0. The van der Waals surface area contributed by atoms with Crippen molar-refractivity contribution in [2.45, 2.75) is 6.92 Å². The lowest BCUT2D eigenvalue weighted by Gasteiger charge is -2.11. The molecule has 1 aromatic heterocycles. The molecule has 2 aromatic rings. The summed E-state index contributed by atoms with van der Waals surface area (Å²) in [5.41, 5.74) is 1.19. The Bertz CT molecular complexity index is 747. The van der Waals surface area contributed by atoms with Crippen molar-refractivity contribution in [3.8, 4) is 0 Å². The predicted octanol–water partition coefficient (Wildman–Crippen LogP) is 1.69. The Labute approximate surface area is 152 Å². The van der Waals surface area contributed by atoms with Crippen LogP contribution in [0, 0.1) is 0 Å². The molecule has 0 aliphatic carbocycles. The molecule has 1 heterocycles. The fourth-order valence-electron chi connectivity index (χ4n) is 2.11. The molecule has 8 heteroatoms. The van der Waals surface area contributed by atoms with E-state index in [1.807, 2.05) is 19.0 Å². The number of rotatable bonds is 8. The Morgan fingerprint density at radius 1 is 1.15 bits per heavy atom. The molecule has 2 rings (SSSR count). The molecule has 0 spiro atoms. The van der Waals surface area contributed by atoms with Crippen molar-refractivity contribution in [3.05, 3.63) is 47.9 Å². The van der Waals surface area contributed by atoms with Gasteiger partial charge in [-0.25, -0.2) is 14.8 Å². The normalized spacial score (nSPS) is 10.5. The Balaban J connectivity index is 2.04. The van der Waals surface area contributed by atoms with Gasteiger partial charge in [0.15, 0.2) is 0 Å². The van der Waals surface area contributed by atoms with E-state index in [1.54, 1.807) is 31.2 Å². The lowest BCUT2D eigenvalue weighted by atomic mass is 10.2. The summed E-state index contributed by atoms with van der Waals surface area (Å²) < 4.78 is 5.04. The van der Waals surface area contributed by atoms with E-state index in [2.05, 4.69) is 20.6 Å². The summed E-state index contributed by atoms with van der Waals surface area (Å²) in [6, 6.07) is 6.96. The third-order valence-corrected chi connectivity index (χ3v) is 3.41. The summed E-state index contributed by atoms with van der Waals surface area (Å²) in [6.07, 6.45) is 2.84. The monoisotopic (exact) mass is 357 g/mol. The van der Waals surface area contributed by atoms with Gasteiger partial charge in [-0.15, -0.1) is 0 Å². The molecule has 0 aliphatic rings. The zero-order valence-corrected chi connectivity index (χ0v) is 15.2. The van der Waals surface area contributed by atoms with Crippen molar-refractivity contribution in [2.24, 2.45) is 0 Å². The number of anilines is 2. The van der Waals surface area contributed by atoms with Crippen LogP contribution in [-0.2, 0) is 4.74 Å². The van der Waals surface area contributed by atoms with Crippen LogP contribution in [0.3, 0.4) is 0 Å². The third kappa shape index (κ3) is 5.52. The largest absolute Gasteiger partial charge is 0.462 e. The highest BCUT2D eigenvalue weighted by molar-refractivity contribution is 5.96. The highest BCUT2D eigenvalue weighted by Crippen LogP contribution is 2.20. The van der Waals surface area contributed by atoms with Gasteiger partial charge in [0.2, 0.25) is 0 Å². The molecule has 0 saturated carbocycles. The SMILES string of the molecule is CCOC(=O)c1ccccc1Nc1cnc(C(=O)NCCN(C)C)cn1. The molecule has 1 aromatic carbocycles. The minimum absolute atomic E-state index is 0.230. The summed E-state index contributed by atoms with van der Waals surface area (Å²) in [5, 5.41) is 5.80. The highest BCUT2D eigenvalue weighted by Gasteiger charge is 2.13. The number of hydrogen-bond acceptors (Lipinski definition) is 7. The first-order chi connectivity index (χ1) is 12.5. The van der Waals surface area contributed by atoms with Gasteiger partial charge in [-0.1, -0.05) is 12.1 Å². The maximum Gasteiger partial charge on any atom is 0.340 e. The number of nitrogens with one attached hydrogen (secondary N) is 2. The maximum atomic E-state index is 12.0. The van der Waals surface area contributed by atoms with Gasteiger partial charge in [-0.2, -0.15) is 0 Å². The molecular formula is C18H23N5O3. The van der Waals surface area contributed by atoms with E-state index < -0.39 is 5.97 Å². The van der Waals surface area contributed by atoms with Gasteiger partial charge in [-0.05, 0) is 33.2 Å². The number of benzene rings is 1. The molecule has 0 fully saturated rings. The molecule has 0 saturated heterocycles. The van der Waals surface area contributed by atoms with Gasteiger partial charge in [0.05, 0.1) is 30.3 Å². The van der Waals surface area contributed by atoms with Crippen molar-refractivity contribution < 1.29 is 14.3 Å². The predicted molar refractivity (Wildman–Crippen MR) is 98.6 cm³/mol. The first-order valence-corrected chi connectivity index (χ1v) is 8.29. The molecular weight excluding hydrogens is 334 g/mol. The van der Waals surface area contributed by atoms with Crippen LogP contribution in [-0.4, -0.2) is 60.5 Å². The van der Waals surface area contributed by atoms with Gasteiger partial charge < -0.3 is 20.3 Å². The van der Waals surface area contributed by atoms with Crippen molar-refractivity contribution >= 4 is 23.4 Å². The minimum atomic E-state index is -0.416. The van der Waals surface area contributed by atoms with E-state index in [-0.39, 0.29) is 11.6 Å². The molecule has 0 radical (unpaired) electrons. The zero-order chi connectivity index (χ0) is 18.9. The molecule has 138 valence electrons. The highest BCUT2D eigenvalue weighted by atomic mass is 16.5. The lowest BCUT2D eigenvalue weighted by molar-refractivity contribution is 0.0527. The van der Waals surface area contributed by atoms with Crippen molar-refractivity contribution in [3.63, 3.8) is 0 Å². The number of likely N-dealkylation sites (N-methyl/N-ethyl adjacent to an activating group) is 1. The van der Waals surface area contributed by atoms with Gasteiger partial charge in [0.1, 0.15) is 11.5 Å². The van der Waals surface area contributed by atoms with Crippen LogP contribution in [0.25, 0.3) is 0 Å². The second-order valence-corrected chi connectivity index (χ2v) is 5.74. The molecule has 8 nitrogen and oxygen atoms in total. The zero-order valence-electron chi connectivity index (χ0n) is 15.2. The number of aromatic nitrogens is 2. The number of nitrogens with zero attached hydrogens (tertiary/aromatic N) is 3. The van der Waals surface area contributed by atoms with Crippen LogP contribution >= 0.6 is 0 Å². The second-order valence-electron chi connectivity index (χ2n) is 5.74. The number of amides is 1.